The first-order valence-corrected chi connectivity index (χ1v) is 8.32. The van der Waals surface area contributed by atoms with E-state index in [2.05, 4.69) is 5.10 Å². The molecule has 1 aromatic carbocycles. The van der Waals surface area contributed by atoms with E-state index < -0.39 is 11.8 Å². The van der Waals surface area contributed by atoms with Crippen LogP contribution in [0.15, 0.2) is 29.4 Å². The molecule has 0 unspecified atom stereocenters. The highest BCUT2D eigenvalue weighted by Gasteiger charge is 2.19. The van der Waals surface area contributed by atoms with Crippen LogP contribution in [0.25, 0.3) is 0 Å². The van der Waals surface area contributed by atoms with Crippen molar-refractivity contribution in [1.29, 1.82) is 0 Å². The largest absolute Gasteiger partial charge is 0.466 e. The molecule has 0 aliphatic carbocycles. The van der Waals surface area contributed by atoms with Crippen LogP contribution < -0.4 is 0 Å². The number of hydrogen-bond donors (Lipinski definition) is 0. The zero-order valence-electron chi connectivity index (χ0n) is 15.1. The van der Waals surface area contributed by atoms with Crippen molar-refractivity contribution in [3.05, 3.63) is 35.6 Å². The third-order valence-electron chi connectivity index (χ3n) is 3.26. The molecular weight excluding hydrogens is 327 g/mol. The number of rotatable bonds is 9. The monoisotopic (exact) mass is 352 g/mol. The standard InChI is InChI=1S/C18H25FN2O4/c1-5-24-16(22)11-12-21(13(3)4)20-17(18(23)25-6-2)14-7-9-15(19)10-8-14/h7-10,13H,5-6,11-12H2,1-4H3. The molecule has 0 saturated heterocycles. The van der Waals surface area contributed by atoms with Crippen LogP contribution in [0.4, 0.5) is 4.39 Å². The lowest BCUT2D eigenvalue weighted by Crippen LogP contribution is -2.32. The van der Waals surface area contributed by atoms with Crippen molar-refractivity contribution in [1.82, 2.24) is 5.01 Å². The van der Waals surface area contributed by atoms with Gasteiger partial charge in [-0.2, -0.15) is 5.10 Å². The minimum atomic E-state index is -0.601. The van der Waals surface area contributed by atoms with Gasteiger partial charge in [0.05, 0.1) is 19.6 Å². The minimum Gasteiger partial charge on any atom is -0.466 e. The zero-order chi connectivity index (χ0) is 18.8. The number of carbonyl (C=O) groups excluding carboxylic acids is 2. The molecule has 1 aromatic rings. The Morgan fingerprint density at radius 2 is 1.72 bits per heavy atom. The van der Waals surface area contributed by atoms with E-state index in [1.165, 1.54) is 24.3 Å². The van der Waals surface area contributed by atoms with Crippen LogP contribution in [0.2, 0.25) is 0 Å². The first kappa shape index (κ1) is 20.6. The summed E-state index contributed by atoms with van der Waals surface area (Å²) in [5, 5.41) is 5.99. The third-order valence-corrected chi connectivity index (χ3v) is 3.26. The maximum Gasteiger partial charge on any atom is 0.359 e. The highest BCUT2D eigenvalue weighted by atomic mass is 19.1. The molecule has 6 nitrogen and oxygen atoms in total. The molecule has 0 atom stereocenters. The summed E-state index contributed by atoms with van der Waals surface area (Å²) < 4.78 is 23.1. The van der Waals surface area contributed by atoms with E-state index in [0.29, 0.717) is 18.7 Å². The Morgan fingerprint density at radius 1 is 1.12 bits per heavy atom. The Morgan fingerprint density at radius 3 is 2.24 bits per heavy atom. The molecule has 138 valence electrons. The van der Waals surface area contributed by atoms with Crippen LogP contribution in [-0.2, 0) is 19.1 Å². The van der Waals surface area contributed by atoms with Gasteiger partial charge in [0, 0.05) is 18.2 Å². The van der Waals surface area contributed by atoms with E-state index in [9.17, 15) is 14.0 Å². The number of ether oxygens (including phenoxy) is 2. The Kier molecular flexibility index (Phi) is 8.60. The summed E-state index contributed by atoms with van der Waals surface area (Å²) >= 11 is 0. The molecule has 0 aliphatic heterocycles. The van der Waals surface area contributed by atoms with Crippen LogP contribution in [0.5, 0.6) is 0 Å². The quantitative estimate of drug-likeness (QED) is 0.388. The van der Waals surface area contributed by atoms with Crippen molar-refractivity contribution in [2.75, 3.05) is 19.8 Å². The van der Waals surface area contributed by atoms with Gasteiger partial charge in [-0.15, -0.1) is 0 Å². The Labute approximate surface area is 147 Å². The van der Waals surface area contributed by atoms with E-state index >= 15 is 0 Å². The van der Waals surface area contributed by atoms with Crippen LogP contribution in [0.3, 0.4) is 0 Å². The second kappa shape index (κ2) is 10.4. The average Bonchev–Trinajstić information content (AvgIpc) is 2.56. The van der Waals surface area contributed by atoms with E-state index in [1.807, 2.05) is 13.8 Å². The number of carbonyl (C=O) groups is 2. The minimum absolute atomic E-state index is 0.0562. The number of hydrazone groups is 1. The Balaban J connectivity index is 3.08. The van der Waals surface area contributed by atoms with Crippen LogP contribution in [0, 0.1) is 5.82 Å². The summed E-state index contributed by atoms with van der Waals surface area (Å²) in [6, 6.07) is 5.38. The van der Waals surface area contributed by atoms with Crippen LogP contribution in [0.1, 0.15) is 39.7 Å². The third kappa shape index (κ3) is 6.91. The molecule has 7 heteroatoms. The summed E-state index contributed by atoms with van der Waals surface area (Å²) in [5.74, 6) is -1.34. The molecule has 0 aliphatic rings. The van der Waals surface area contributed by atoms with Gasteiger partial charge in [-0.25, -0.2) is 9.18 Å². The topological polar surface area (TPSA) is 68.2 Å². The number of esters is 2. The lowest BCUT2D eigenvalue weighted by Gasteiger charge is -2.24. The summed E-state index contributed by atoms with van der Waals surface area (Å²) in [7, 11) is 0. The summed E-state index contributed by atoms with van der Waals surface area (Å²) in [6.07, 6.45) is 0.148. The number of benzene rings is 1. The lowest BCUT2D eigenvalue weighted by molar-refractivity contribution is -0.143. The fraction of sp³-hybridized carbons (Fsp3) is 0.500. The maximum atomic E-state index is 13.2. The van der Waals surface area contributed by atoms with Crippen molar-refractivity contribution in [3.63, 3.8) is 0 Å². The molecule has 0 aromatic heterocycles. The van der Waals surface area contributed by atoms with Gasteiger partial charge in [-0.3, -0.25) is 9.80 Å². The molecule has 0 radical (unpaired) electrons. The molecule has 25 heavy (non-hydrogen) atoms. The zero-order valence-corrected chi connectivity index (χ0v) is 15.1. The predicted octanol–water partition coefficient (Wildman–Crippen LogP) is 2.76. The summed E-state index contributed by atoms with van der Waals surface area (Å²) in [5.41, 5.74) is 0.515. The molecule has 0 spiro atoms. The number of halogens is 1. The van der Waals surface area contributed by atoms with E-state index in [1.54, 1.807) is 18.9 Å². The van der Waals surface area contributed by atoms with Gasteiger partial charge >= 0.3 is 11.9 Å². The van der Waals surface area contributed by atoms with Crippen molar-refractivity contribution in [2.24, 2.45) is 5.10 Å². The van der Waals surface area contributed by atoms with Gasteiger partial charge in [-0.1, -0.05) is 0 Å². The van der Waals surface area contributed by atoms with Crippen molar-refractivity contribution < 1.29 is 23.5 Å². The van der Waals surface area contributed by atoms with Gasteiger partial charge in [0.15, 0.2) is 5.71 Å². The maximum absolute atomic E-state index is 13.2. The number of hydrogen-bond acceptors (Lipinski definition) is 6. The van der Waals surface area contributed by atoms with E-state index in [0.717, 1.165) is 0 Å². The van der Waals surface area contributed by atoms with Gasteiger partial charge < -0.3 is 9.47 Å². The lowest BCUT2D eigenvalue weighted by atomic mass is 10.1. The van der Waals surface area contributed by atoms with E-state index in [-0.39, 0.29) is 30.8 Å². The smallest absolute Gasteiger partial charge is 0.359 e. The molecular formula is C18H25FN2O4. The molecule has 0 heterocycles. The SMILES string of the molecule is CCOC(=O)CCN(N=C(C(=O)OCC)c1ccc(F)cc1)C(C)C. The van der Waals surface area contributed by atoms with Crippen LogP contribution >= 0.6 is 0 Å². The summed E-state index contributed by atoms with van der Waals surface area (Å²) in [6.45, 7) is 8.02. The molecule has 1 rings (SSSR count). The first-order valence-electron chi connectivity index (χ1n) is 8.32. The number of nitrogens with zero attached hydrogens (tertiary/aromatic N) is 2. The molecule has 0 saturated carbocycles. The fourth-order valence-electron chi connectivity index (χ4n) is 2.01. The molecule has 0 fully saturated rings. The fourth-order valence-corrected chi connectivity index (χ4v) is 2.01. The van der Waals surface area contributed by atoms with Crippen molar-refractivity contribution in [2.45, 2.75) is 40.2 Å². The predicted molar refractivity (Wildman–Crippen MR) is 92.7 cm³/mol. The normalized spacial score (nSPS) is 11.4. The van der Waals surface area contributed by atoms with Crippen LogP contribution in [-0.4, -0.2) is 48.5 Å². The second-order valence-corrected chi connectivity index (χ2v) is 5.49. The van der Waals surface area contributed by atoms with Gasteiger partial charge in [0.1, 0.15) is 5.82 Å². The highest BCUT2D eigenvalue weighted by molar-refractivity contribution is 6.43. The average molecular weight is 352 g/mol. The Bertz CT molecular complexity index is 600. The highest BCUT2D eigenvalue weighted by Crippen LogP contribution is 2.10. The van der Waals surface area contributed by atoms with Crippen molar-refractivity contribution >= 4 is 17.7 Å². The van der Waals surface area contributed by atoms with E-state index in [4.69, 9.17) is 9.47 Å². The van der Waals surface area contributed by atoms with Gasteiger partial charge in [0.2, 0.25) is 0 Å². The Hall–Kier alpha value is -2.44. The molecule has 0 bridgehead atoms. The molecule has 0 N–H and O–H groups in total. The first-order chi connectivity index (χ1) is 11.9. The summed E-state index contributed by atoms with van der Waals surface area (Å²) in [4.78, 5) is 23.8. The van der Waals surface area contributed by atoms with Crippen molar-refractivity contribution in [3.8, 4) is 0 Å². The van der Waals surface area contributed by atoms with Gasteiger partial charge in [-0.05, 0) is 52.0 Å². The van der Waals surface area contributed by atoms with Gasteiger partial charge in [0.25, 0.3) is 0 Å². The second-order valence-electron chi connectivity index (χ2n) is 5.49. The molecule has 0 amide bonds.